The first-order chi connectivity index (χ1) is 7.58. The Morgan fingerprint density at radius 3 is 2.69 bits per heavy atom. The molecule has 0 amide bonds. The van der Waals surface area contributed by atoms with Crippen LogP contribution >= 0.6 is 11.6 Å². The average Bonchev–Trinajstić information content (AvgIpc) is 2.64. The van der Waals surface area contributed by atoms with E-state index >= 15 is 0 Å². The number of rotatable bonds is 2. The van der Waals surface area contributed by atoms with E-state index in [0.29, 0.717) is 16.3 Å². The number of hydrogen-bond donors (Lipinski definition) is 0. The van der Waals surface area contributed by atoms with Gasteiger partial charge in [-0.15, -0.1) is 0 Å². The number of ketones is 1. The van der Waals surface area contributed by atoms with Crippen LogP contribution in [0.15, 0.2) is 30.5 Å². The molecule has 0 spiro atoms. The van der Waals surface area contributed by atoms with E-state index in [0.717, 1.165) is 5.56 Å². The van der Waals surface area contributed by atoms with Gasteiger partial charge in [0.15, 0.2) is 0 Å². The lowest BCUT2D eigenvalue weighted by atomic mass is 10.0. The molecule has 0 aliphatic heterocycles. The van der Waals surface area contributed by atoms with Gasteiger partial charge < -0.3 is 0 Å². The van der Waals surface area contributed by atoms with Crippen molar-refractivity contribution in [3.63, 3.8) is 0 Å². The second-order valence-corrected chi connectivity index (χ2v) is 4.10. The van der Waals surface area contributed by atoms with Crippen molar-refractivity contribution in [2.75, 3.05) is 0 Å². The number of carbonyl (C=O) groups excluding carboxylic acids is 1. The zero-order valence-corrected chi connectivity index (χ0v) is 9.82. The summed E-state index contributed by atoms with van der Waals surface area (Å²) in [5.41, 5.74) is 1.96. The predicted molar refractivity (Wildman–Crippen MR) is 62.8 cm³/mol. The van der Waals surface area contributed by atoms with Crippen LogP contribution in [0.5, 0.6) is 0 Å². The molecule has 82 valence electrons. The highest BCUT2D eigenvalue weighted by atomic mass is 35.5. The van der Waals surface area contributed by atoms with Crippen LogP contribution in [-0.4, -0.2) is 15.6 Å². The third kappa shape index (κ3) is 1.99. The Kier molecular flexibility index (Phi) is 2.79. The maximum atomic E-state index is 12.1. The van der Waals surface area contributed by atoms with Gasteiger partial charge in [0.1, 0.15) is 5.69 Å². The van der Waals surface area contributed by atoms with E-state index in [4.69, 9.17) is 11.6 Å². The van der Waals surface area contributed by atoms with Gasteiger partial charge in [-0.05, 0) is 36.8 Å². The van der Waals surface area contributed by atoms with Gasteiger partial charge in [-0.3, -0.25) is 9.48 Å². The van der Waals surface area contributed by atoms with Gasteiger partial charge in [-0.2, -0.15) is 5.10 Å². The Bertz CT molecular complexity index is 546. The zero-order valence-electron chi connectivity index (χ0n) is 9.07. The monoisotopic (exact) mass is 234 g/mol. The lowest BCUT2D eigenvalue weighted by molar-refractivity contribution is 0.103. The Morgan fingerprint density at radius 2 is 2.12 bits per heavy atom. The van der Waals surface area contributed by atoms with Crippen LogP contribution < -0.4 is 0 Å². The van der Waals surface area contributed by atoms with Crippen LogP contribution in [-0.2, 0) is 7.05 Å². The molecule has 0 saturated carbocycles. The molecule has 0 fully saturated rings. The average molecular weight is 235 g/mol. The number of hydrogen-bond acceptors (Lipinski definition) is 2. The molecule has 0 N–H and O–H groups in total. The van der Waals surface area contributed by atoms with Crippen LogP contribution in [0.25, 0.3) is 0 Å². The van der Waals surface area contributed by atoms with Gasteiger partial charge >= 0.3 is 0 Å². The van der Waals surface area contributed by atoms with Crippen molar-refractivity contribution in [1.82, 2.24) is 9.78 Å². The molecule has 0 aliphatic rings. The summed E-state index contributed by atoms with van der Waals surface area (Å²) in [5, 5.41) is 4.72. The number of aromatic nitrogens is 2. The first-order valence-electron chi connectivity index (χ1n) is 4.88. The smallest absolute Gasteiger partial charge is 0.213 e. The van der Waals surface area contributed by atoms with Crippen LogP contribution in [0.4, 0.5) is 0 Å². The van der Waals surface area contributed by atoms with E-state index in [1.165, 1.54) is 0 Å². The minimum atomic E-state index is -0.0743. The minimum absolute atomic E-state index is 0.0743. The van der Waals surface area contributed by atoms with E-state index in [1.54, 1.807) is 42.2 Å². The maximum absolute atomic E-state index is 12.1. The molecule has 0 unspecified atom stereocenters. The number of nitrogens with zero attached hydrogens (tertiary/aromatic N) is 2. The molecule has 0 atom stereocenters. The Balaban J connectivity index is 2.41. The lowest BCUT2D eigenvalue weighted by Gasteiger charge is -2.02. The molecule has 0 radical (unpaired) electrons. The Labute approximate surface area is 98.7 Å². The van der Waals surface area contributed by atoms with Gasteiger partial charge in [0.2, 0.25) is 5.78 Å². The first kappa shape index (κ1) is 10.9. The lowest BCUT2D eigenvalue weighted by Crippen LogP contribution is -2.05. The third-order valence-corrected chi connectivity index (χ3v) is 2.61. The van der Waals surface area contributed by atoms with Crippen molar-refractivity contribution >= 4 is 17.4 Å². The minimum Gasteiger partial charge on any atom is -0.287 e. The van der Waals surface area contributed by atoms with Gasteiger partial charge in [-0.1, -0.05) is 11.6 Å². The van der Waals surface area contributed by atoms with Gasteiger partial charge in [0.25, 0.3) is 0 Å². The molecule has 1 heterocycles. The van der Waals surface area contributed by atoms with Crippen molar-refractivity contribution in [3.05, 3.63) is 52.3 Å². The van der Waals surface area contributed by atoms with Crippen molar-refractivity contribution in [2.45, 2.75) is 6.92 Å². The Hall–Kier alpha value is -1.61. The fourth-order valence-electron chi connectivity index (χ4n) is 1.56. The Morgan fingerprint density at radius 1 is 1.38 bits per heavy atom. The summed E-state index contributed by atoms with van der Waals surface area (Å²) in [6, 6.07) is 6.92. The van der Waals surface area contributed by atoms with E-state index in [2.05, 4.69) is 5.10 Å². The molecule has 3 nitrogen and oxygen atoms in total. The quantitative estimate of drug-likeness (QED) is 0.749. The highest BCUT2D eigenvalue weighted by Gasteiger charge is 2.14. The predicted octanol–water partition coefficient (Wildman–Crippen LogP) is 2.61. The fraction of sp³-hybridized carbons (Fsp3) is 0.167. The highest BCUT2D eigenvalue weighted by molar-refractivity contribution is 6.30. The number of benzene rings is 1. The van der Waals surface area contributed by atoms with Crippen LogP contribution in [0.3, 0.4) is 0 Å². The van der Waals surface area contributed by atoms with Crippen molar-refractivity contribution in [3.8, 4) is 0 Å². The third-order valence-electron chi connectivity index (χ3n) is 2.38. The molecular weight excluding hydrogens is 224 g/mol. The molecule has 4 heteroatoms. The van der Waals surface area contributed by atoms with E-state index in [-0.39, 0.29) is 5.78 Å². The van der Waals surface area contributed by atoms with E-state index in [1.807, 2.05) is 6.92 Å². The molecule has 1 aromatic carbocycles. The summed E-state index contributed by atoms with van der Waals surface area (Å²) < 4.78 is 1.61. The topological polar surface area (TPSA) is 34.9 Å². The van der Waals surface area contributed by atoms with Gasteiger partial charge in [0.05, 0.1) is 0 Å². The van der Waals surface area contributed by atoms with Gasteiger partial charge in [-0.25, -0.2) is 0 Å². The summed E-state index contributed by atoms with van der Waals surface area (Å²) in [6.07, 6.45) is 1.75. The molecular formula is C12H11ClN2O. The fourth-order valence-corrected chi connectivity index (χ4v) is 1.78. The van der Waals surface area contributed by atoms with Crippen molar-refractivity contribution in [2.24, 2.45) is 7.05 Å². The van der Waals surface area contributed by atoms with Crippen LogP contribution in [0.2, 0.25) is 5.02 Å². The normalized spacial score (nSPS) is 10.4. The second kappa shape index (κ2) is 4.10. The SMILES string of the molecule is Cc1cc(Cl)ccc1C(=O)c1ccn(C)n1. The summed E-state index contributed by atoms with van der Waals surface area (Å²) in [7, 11) is 1.78. The summed E-state index contributed by atoms with van der Waals surface area (Å²) >= 11 is 5.84. The van der Waals surface area contributed by atoms with E-state index < -0.39 is 0 Å². The maximum Gasteiger partial charge on any atom is 0.213 e. The van der Waals surface area contributed by atoms with E-state index in [9.17, 15) is 4.79 Å². The second-order valence-electron chi connectivity index (χ2n) is 3.66. The molecule has 1 aromatic heterocycles. The summed E-state index contributed by atoms with van der Waals surface area (Å²) in [5.74, 6) is -0.0743. The molecule has 2 rings (SSSR count). The zero-order chi connectivity index (χ0) is 11.7. The van der Waals surface area contributed by atoms with Crippen LogP contribution in [0.1, 0.15) is 21.6 Å². The summed E-state index contributed by atoms with van der Waals surface area (Å²) in [4.78, 5) is 12.1. The first-order valence-corrected chi connectivity index (χ1v) is 5.26. The van der Waals surface area contributed by atoms with Gasteiger partial charge in [0, 0.05) is 23.8 Å². The highest BCUT2D eigenvalue weighted by Crippen LogP contribution is 2.17. The standard InChI is InChI=1S/C12H11ClN2O/c1-8-7-9(13)3-4-10(8)12(16)11-5-6-15(2)14-11/h3-7H,1-2H3. The van der Waals surface area contributed by atoms with Crippen LogP contribution in [0, 0.1) is 6.92 Å². The molecule has 0 aliphatic carbocycles. The largest absolute Gasteiger partial charge is 0.287 e. The number of halogens is 1. The molecule has 0 saturated heterocycles. The number of carbonyl (C=O) groups is 1. The molecule has 2 aromatic rings. The molecule has 0 bridgehead atoms. The molecule has 16 heavy (non-hydrogen) atoms. The van der Waals surface area contributed by atoms with Crippen molar-refractivity contribution < 1.29 is 4.79 Å². The number of aryl methyl sites for hydroxylation is 2. The summed E-state index contributed by atoms with van der Waals surface area (Å²) in [6.45, 7) is 1.86. The van der Waals surface area contributed by atoms with Crippen molar-refractivity contribution in [1.29, 1.82) is 0 Å².